The van der Waals surface area contributed by atoms with Gasteiger partial charge in [-0.05, 0) is 18.9 Å². The molecule has 0 aliphatic rings. The third-order valence-corrected chi connectivity index (χ3v) is 4.12. The Hall–Kier alpha value is -3.28. The summed E-state index contributed by atoms with van der Waals surface area (Å²) in [4.78, 5) is 47.5. The van der Waals surface area contributed by atoms with Crippen LogP contribution < -0.4 is 5.32 Å². The number of hydrogen-bond acceptors (Lipinski definition) is 5. The molecule has 2 rings (SSSR count). The molecule has 1 unspecified atom stereocenters. The van der Waals surface area contributed by atoms with Crippen LogP contribution in [-0.4, -0.2) is 36.1 Å². The van der Waals surface area contributed by atoms with Crippen LogP contribution in [0.1, 0.15) is 35.7 Å². The highest BCUT2D eigenvalue weighted by atomic mass is 16.5. The van der Waals surface area contributed by atoms with E-state index in [0.717, 1.165) is 5.56 Å². The van der Waals surface area contributed by atoms with Gasteiger partial charge in [0.1, 0.15) is 0 Å². The lowest BCUT2D eigenvalue weighted by molar-refractivity contribution is -0.148. The fourth-order valence-electron chi connectivity index (χ4n) is 2.58. The van der Waals surface area contributed by atoms with Crippen LogP contribution >= 0.6 is 0 Å². The molecule has 0 fully saturated rings. The lowest BCUT2D eigenvalue weighted by atomic mass is 10.0. The second-order valence-electron chi connectivity index (χ2n) is 6.37. The Bertz CT molecular complexity index is 817. The van der Waals surface area contributed by atoms with Gasteiger partial charge in [0.2, 0.25) is 0 Å². The molecule has 0 aliphatic carbocycles. The predicted octanol–water partition coefficient (Wildman–Crippen LogP) is 2.51. The maximum atomic E-state index is 12.0. The Morgan fingerprint density at radius 3 is 2.11 bits per heavy atom. The van der Waals surface area contributed by atoms with Crippen molar-refractivity contribution in [2.45, 2.75) is 32.2 Å². The number of amides is 1. The van der Waals surface area contributed by atoms with Crippen LogP contribution in [0.25, 0.3) is 0 Å². The lowest BCUT2D eigenvalue weighted by Gasteiger charge is -2.16. The van der Waals surface area contributed by atoms with Crippen molar-refractivity contribution in [1.29, 1.82) is 0 Å². The van der Waals surface area contributed by atoms with E-state index in [1.54, 1.807) is 30.3 Å². The van der Waals surface area contributed by atoms with Crippen molar-refractivity contribution < 1.29 is 23.9 Å². The summed E-state index contributed by atoms with van der Waals surface area (Å²) >= 11 is 0. The van der Waals surface area contributed by atoms with Crippen LogP contribution in [0.3, 0.4) is 0 Å². The maximum Gasteiger partial charge on any atom is 0.306 e. The zero-order chi connectivity index (χ0) is 20.4. The summed E-state index contributed by atoms with van der Waals surface area (Å²) in [6.07, 6.45) is 0.261. The second-order valence-corrected chi connectivity index (χ2v) is 6.37. The molecule has 1 atom stereocenters. The largest absolute Gasteiger partial charge is 0.456 e. The number of ether oxygens (including phenoxy) is 1. The molecule has 0 saturated heterocycles. The molecule has 0 aliphatic heterocycles. The van der Waals surface area contributed by atoms with E-state index in [-0.39, 0.29) is 24.4 Å². The van der Waals surface area contributed by atoms with Crippen molar-refractivity contribution in [2.24, 2.45) is 0 Å². The first-order valence-electron chi connectivity index (χ1n) is 9.03. The highest BCUT2D eigenvalue weighted by molar-refractivity contribution is 5.97. The Morgan fingerprint density at radius 2 is 1.50 bits per heavy atom. The Morgan fingerprint density at radius 1 is 0.893 bits per heavy atom. The first-order valence-corrected chi connectivity index (χ1v) is 9.03. The van der Waals surface area contributed by atoms with Crippen molar-refractivity contribution in [1.82, 2.24) is 5.32 Å². The maximum absolute atomic E-state index is 12.0. The summed E-state index contributed by atoms with van der Waals surface area (Å²) < 4.78 is 4.91. The van der Waals surface area contributed by atoms with Crippen molar-refractivity contribution in [3.05, 3.63) is 71.8 Å². The summed E-state index contributed by atoms with van der Waals surface area (Å²) in [6.45, 7) is 0.909. The van der Waals surface area contributed by atoms with Crippen LogP contribution in [0.2, 0.25) is 0 Å². The SMILES string of the molecule is CC(=O)C(Cc1ccccc1)NC(=O)COC(=O)CCC(=O)c1ccccc1. The minimum Gasteiger partial charge on any atom is -0.456 e. The molecule has 28 heavy (non-hydrogen) atoms. The van der Waals surface area contributed by atoms with Crippen molar-refractivity contribution in [3.8, 4) is 0 Å². The quantitative estimate of drug-likeness (QED) is 0.505. The molecule has 146 valence electrons. The zero-order valence-corrected chi connectivity index (χ0v) is 15.7. The first kappa shape index (κ1) is 21.0. The molecule has 0 radical (unpaired) electrons. The second kappa shape index (κ2) is 10.8. The number of carbonyl (C=O) groups excluding carboxylic acids is 4. The van der Waals surface area contributed by atoms with Gasteiger partial charge in [0.05, 0.1) is 12.5 Å². The van der Waals surface area contributed by atoms with Gasteiger partial charge < -0.3 is 10.1 Å². The summed E-state index contributed by atoms with van der Waals surface area (Å²) in [7, 11) is 0. The topological polar surface area (TPSA) is 89.5 Å². The van der Waals surface area contributed by atoms with E-state index in [4.69, 9.17) is 4.74 Å². The number of hydrogen-bond donors (Lipinski definition) is 1. The summed E-state index contributed by atoms with van der Waals surface area (Å²) in [5, 5.41) is 2.58. The lowest BCUT2D eigenvalue weighted by Crippen LogP contribution is -2.43. The molecular formula is C22H23NO5. The highest BCUT2D eigenvalue weighted by Crippen LogP contribution is 2.06. The molecule has 0 bridgehead atoms. The monoisotopic (exact) mass is 381 g/mol. The number of Topliss-reactive ketones (excluding diaryl/α,β-unsaturated/α-hetero) is 2. The third kappa shape index (κ3) is 7.15. The van der Waals surface area contributed by atoms with E-state index in [0.29, 0.717) is 12.0 Å². The molecular weight excluding hydrogens is 358 g/mol. The van der Waals surface area contributed by atoms with Crippen LogP contribution in [0.5, 0.6) is 0 Å². The van der Waals surface area contributed by atoms with E-state index in [1.807, 2.05) is 30.3 Å². The van der Waals surface area contributed by atoms with Crippen LogP contribution in [0, 0.1) is 0 Å². The summed E-state index contributed by atoms with van der Waals surface area (Å²) in [6, 6.07) is 17.3. The third-order valence-electron chi connectivity index (χ3n) is 4.12. The van der Waals surface area contributed by atoms with Crippen molar-refractivity contribution in [3.63, 3.8) is 0 Å². The van der Waals surface area contributed by atoms with Crippen LogP contribution in [-0.2, 0) is 25.5 Å². The minimum absolute atomic E-state index is 0.00848. The summed E-state index contributed by atoms with van der Waals surface area (Å²) in [5.74, 6) is -1.54. The van der Waals surface area contributed by atoms with E-state index in [1.165, 1.54) is 6.92 Å². The fourth-order valence-corrected chi connectivity index (χ4v) is 2.58. The standard InChI is InChI=1S/C22H23NO5/c1-16(24)19(14-17-8-4-2-5-9-17)23-21(26)15-28-22(27)13-12-20(25)18-10-6-3-7-11-18/h2-11,19H,12-15H2,1H3,(H,23,26). The molecule has 0 heterocycles. The number of carbonyl (C=O) groups is 4. The minimum atomic E-state index is -0.687. The Kier molecular flexibility index (Phi) is 8.09. The average molecular weight is 381 g/mol. The van der Waals surface area contributed by atoms with Crippen molar-refractivity contribution in [2.75, 3.05) is 6.61 Å². The molecule has 1 amide bonds. The average Bonchev–Trinajstić information content (AvgIpc) is 2.71. The van der Waals surface area contributed by atoms with Gasteiger partial charge in [0, 0.05) is 12.0 Å². The molecule has 0 saturated carbocycles. The van der Waals surface area contributed by atoms with Gasteiger partial charge in [0.15, 0.2) is 18.2 Å². The number of ketones is 2. The van der Waals surface area contributed by atoms with Gasteiger partial charge in [0.25, 0.3) is 5.91 Å². The summed E-state index contributed by atoms with van der Waals surface area (Å²) in [5.41, 5.74) is 1.44. The normalized spacial score (nSPS) is 11.3. The Balaban J connectivity index is 1.74. The Labute approximate surface area is 163 Å². The van der Waals surface area contributed by atoms with E-state index in [9.17, 15) is 19.2 Å². The van der Waals surface area contributed by atoms with Crippen molar-refractivity contribution >= 4 is 23.4 Å². The van der Waals surface area contributed by atoms with E-state index >= 15 is 0 Å². The van der Waals surface area contributed by atoms with Gasteiger partial charge >= 0.3 is 5.97 Å². The van der Waals surface area contributed by atoms with Gasteiger partial charge in [-0.2, -0.15) is 0 Å². The van der Waals surface area contributed by atoms with Crippen LogP contribution in [0.4, 0.5) is 0 Å². The molecule has 6 nitrogen and oxygen atoms in total. The molecule has 0 spiro atoms. The molecule has 2 aromatic rings. The molecule has 0 aromatic heterocycles. The molecule has 2 aromatic carbocycles. The number of esters is 1. The first-order chi connectivity index (χ1) is 13.5. The number of nitrogens with one attached hydrogen (secondary N) is 1. The number of benzene rings is 2. The van der Waals surface area contributed by atoms with Gasteiger partial charge in [-0.1, -0.05) is 60.7 Å². The van der Waals surface area contributed by atoms with Gasteiger partial charge in [-0.25, -0.2) is 0 Å². The van der Waals surface area contributed by atoms with E-state index < -0.39 is 24.5 Å². The fraction of sp³-hybridized carbons (Fsp3) is 0.273. The smallest absolute Gasteiger partial charge is 0.306 e. The van der Waals surface area contributed by atoms with Gasteiger partial charge in [-0.15, -0.1) is 0 Å². The molecule has 6 heteroatoms. The molecule has 1 N–H and O–H groups in total. The zero-order valence-electron chi connectivity index (χ0n) is 15.7. The van der Waals surface area contributed by atoms with Crippen LogP contribution in [0.15, 0.2) is 60.7 Å². The number of rotatable bonds is 10. The van der Waals surface area contributed by atoms with E-state index in [2.05, 4.69) is 5.32 Å². The van der Waals surface area contributed by atoms with Gasteiger partial charge in [-0.3, -0.25) is 19.2 Å². The predicted molar refractivity (Wildman–Crippen MR) is 104 cm³/mol. The highest BCUT2D eigenvalue weighted by Gasteiger charge is 2.19.